The molecule has 1 aromatic rings. The molecule has 0 bridgehead atoms. The van der Waals surface area contributed by atoms with E-state index in [2.05, 4.69) is 10.6 Å². The van der Waals surface area contributed by atoms with Crippen LogP contribution in [0.25, 0.3) is 0 Å². The Labute approximate surface area is 131 Å². The molecule has 2 N–H and O–H groups in total. The third kappa shape index (κ3) is 4.42. The molecule has 2 aliphatic carbocycles. The Balaban J connectivity index is 0.00000161. The number of hydrogen-bond acceptors (Lipinski definition) is 2. The Morgan fingerprint density at radius 3 is 2.71 bits per heavy atom. The van der Waals surface area contributed by atoms with E-state index >= 15 is 0 Å². The number of rotatable bonds is 7. The molecule has 1 aromatic carbocycles. The normalized spacial score (nSPS) is 18.7. The van der Waals surface area contributed by atoms with E-state index in [0.29, 0.717) is 13.1 Å². The second kappa shape index (κ2) is 6.75. The highest BCUT2D eigenvalue weighted by Crippen LogP contribution is 2.47. The van der Waals surface area contributed by atoms with Crippen molar-refractivity contribution in [2.45, 2.75) is 31.1 Å². The Morgan fingerprint density at radius 1 is 1.33 bits per heavy atom. The third-order valence-electron chi connectivity index (χ3n) is 4.33. The summed E-state index contributed by atoms with van der Waals surface area (Å²) in [6, 6.07) is 6.74. The summed E-state index contributed by atoms with van der Waals surface area (Å²) < 4.78 is 13.3. The third-order valence-corrected chi connectivity index (χ3v) is 4.33. The van der Waals surface area contributed by atoms with Crippen LogP contribution in [0.5, 0.6) is 0 Å². The molecule has 21 heavy (non-hydrogen) atoms. The predicted molar refractivity (Wildman–Crippen MR) is 83.2 cm³/mol. The second-order valence-corrected chi connectivity index (χ2v) is 6.14. The van der Waals surface area contributed by atoms with Crippen molar-refractivity contribution in [3.05, 3.63) is 35.6 Å². The van der Waals surface area contributed by atoms with Crippen LogP contribution < -0.4 is 10.6 Å². The highest BCUT2D eigenvalue weighted by Gasteiger charge is 2.44. The summed E-state index contributed by atoms with van der Waals surface area (Å²) in [5, 5.41) is 6.15. The highest BCUT2D eigenvalue weighted by molar-refractivity contribution is 5.85. The van der Waals surface area contributed by atoms with Crippen molar-refractivity contribution in [2.24, 2.45) is 5.92 Å². The van der Waals surface area contributed by atoms with Gasteiger partial charge in [-0.15, -0.1) is 12.4 Å². The first kappa shape index (κ1) is 16.2. The molecule has 0 heterocycles. The van der Waals surface area contributed by atoms with Crippen molar-refractivity contribution in [1.29, 1.82) is 0 Å². The summed E-state index contributed by atoms with van der Waals surface area (Å²) in [6.07, 6.45) is 4.62. The number of hydrogen-bond donors (Lipinski definition) is 2. The quantitative estimate of drug-likeness (QED) is 0.812. The van der Waals surface area contributed by atoms with Gasteiger partial charge >= 0.3 is 0 Å². The number of benzene rings is 1. The van der Waals surface area contributed by atoms with Gasteiger partial charge in [-0.05, 0) is 55.8 Å². The summed E-state index contributed by atoms with van der Waals surface area (Å²) in [5.74, 6) is 0.615. The molecule has 1 amide bonds. The van der Waals surface area contributed by atoms with E-state index < -0.39 is 0 Å². The molecule has 2 fully saturated rings. The zero-order chi connectivity index (χ0) is 14.0. The van der Waals surface area contributed by atoms with Crippen LogP contribution in [0.15, 0.2) is 24.3 Å². The molecule has 0 radical (unpaired) electrons. The number of halogens is 2. The molecule has 0 unspecified atom stereocenters. The van der Waals surface area contributed by atoms with Crippen molar-refractivity contribution in [2.75, 3.05) is 19.6 Å². The van der Waals surface area contributed by atoms with E-state index in [-0.39, 0.29) is 29.5 Å². The first-order chi connectivity index (χ1) is 9.68. The Kier molecular flexibility index (Phi) is 5.22. The van der Waals surface area contributed by atoms with E-state index in [4.69, 9.17) is 0 Å². The minimum absolute atomic E-state index is 0. The molecule has 0 saturated heterocycles. The first-order valence-electron chi connectivity index (χ1n) is 7.41. The van der Waals surface area contributed by atoms with Crippen LogP contribution >= 0.6 is 12.4 Å². The molecular formula is C16H22ClFN2O. The maximum atomic E-state index is 13.3. The first-order valence-corrected chi connectivity index (χ1v) is 7.41. The fourth-order valence-corrected chi connectivity index (χ4v) is 2.58. The Morgan fingerprint density at radius 2 is 2.10 bits per heavy atom. The minimum Gasteiger partial charge on any atom is -0.354 e. The molecule has 0 atom stereocenters. The minimum atomic E-state index is -0.203. The molecule has 0 aliphatic heterocycles. The number of amides is 1. The van der Waals surface area contributed by atoms with Gasteiger partial charge in [0.1, 0.15) is 5.82 Å². The molecule has 2 aliphatic rings. The Hall–Kier alpha value is -1.13. The van der Waals surface area contributed by atoms with E-state index in [0.717, 1.165) is 30.9 Å². The SMILES string of the molecule is Cl.O=C(CNCC1CC1)NCC1(c2cccc(F)c2)CC1. The van der Waals surface area contributed by atoms with Crippen LogP contribution in [0.2, 0.25) is 0 Å². The predicted octanol–water partition coefficient (Wildman–Crippen LogP) is 2.39. The largest absolute Gasteiger partial charge is 0.354 e. The van der Waals surface area contributed by atoms with Gasteiger partial charge in [0, 0.05) is 12.0 Å². The van der Waals surface area contributed by atoms with Gasteiger partial charge in [-0.25, -0.2) is 4.39 Å². The van der Waals surface area contributed by atoms with Gasteiger partial charge in [0.05, 0.1) is 6.54 Å². The topological polar surface area (TPSA) is 41.1 Å². The molecular weight excluding hydrogens is 291 g/mol. The number of carbonyl (C=O) groups is 1. The lowest BCUT2D eigenvalue weighted by Crippen LogP contribution is -2.38. The van der Waals surface area contributed by atoms with Crippen molar-refractivity contribution < 1.29 is 9.18 Å². The molecule has 0 aromatic heterocycles. The van der Waals surface area contributed by atoms with Gasteiger partial charge in [0.15, 0.2) is 0 Å². The molecule has 3 nitrogen and oxygen atoms in total. The molecule has 2 saturated carbocycles. The lowest BCUT2D eigenvalue weighted by atomic mass is 9.96. The lowest BCUT2D eigenvalue weighted by Gasteiger charge is -2.17. The van der Waals surface area contributed by atoms with Crippen molar-refractivity contribution in [3.8, 4) is 0 Å². The van der Waals surface area contributed by atoms with Crippen LogP contribution in [0, 0.1) is 11.7 Å². The lowest BCUT2D eigenvalue weighted by molar-refractivity contribution is -0.120. The second-order valence-electron chi connectivity index (χ2n) is 6.14. The smallest absolute Gasteiger partial charge is 0.233 e. The standard InChI is InChI=1S/C16H21FN2O.ClH/c17-14-3-1-2-13(8-14)16(6-7-16)11-19-15(20)10-18-9-12-4-5-12;/h1-3,8,12,18H,4-7,9-11H2,(H,19,20);1H. The van der Waals surface area contributed by atoms with Gasteiger partial charge in [0.2, 0.25) is 5.91 Å². The molecule has 116 valence electrons. The monoisotopic (exact) mass is 312 g/mol. The molecule has 5 heteroatoms. The maximum Gasteiger partial charge on any atom is 0.233 e. The van der Waals surface area contributed by atoms with Gasteiger partial charge < -0.3 is 10.6 Å². The van der Waals surface area contributed by atoms with E-state index in [1.807, 2.05) is 6.07 Å². The van der Waals surface area contributed by atoms with Crippen molar-refractivity contribution in [1.82, 2.24) is 10.6 Å². The summed E-state index contributed by atoms with van der Waals surface area (Å²) in [7, 11) is 0. The molecule has 3 rings (SSSR count). The van der Waals surface area contributed by atoms with Crippen molar-refractivity contribution in [3.63, 3.8) is 0 Å². The average Bonchev–Trinajstić information content (AvgIpc) is 3.32. The summed E-state index contributed by atoms with van der Waals surface area (Å²) in [5.41, 5.74) is 0.970. The van der Waals surface area contributed by atoms with Crippen LogP contribution in [-0.2, 0) is 10.2 Å². The van der Waals surface area contributed by atoms with Gasteiger partial charge in [-0.3, -0.25) is 4.79 Å². The highest BCUT2D eigenvalue weighted by atomic mass is 35.5. The Bertz CT molecular complexity index is 501. The van der Waals surface area contributed by atoms with E-state index in [9.17, 15) is 9.18 Å². The van der Waals surface area contributed by atoms with Gasteiger partial charge in [-0.2, -0.15) is 0 Å². The molecule has 0 spiro atoms. The summed E-state index contributed by atoms with van der Waals surface area (Å²) in [6.45, 7) is 1.94. The average molecular weight is 313 g/mol. The van der Waals surface area contributed by atoms with Crippen LogP contribution in [0.4, 0.5) is 4.39 Å². The summed E-state index contributed by atoms with van der Waals surface area (Å²) >= 11 is 0. The fraction of sp³-hybridized carbons (Fsp3) is 0.562. The van der Waals surface area contributed by atoms with Crippen LogP contribution in [0.3, 0.4) is 0 Å². The number of nitrogens with one attached hydrogen (secondary N) is 2. The van der Waals surface area contributed by atoms with Gasteiger partial charge in [-0.1, -0.05) is 12.1 Å². The van der Waals surface area contributed by atoms with E-state index in [1.54, 1.807) is 12.1 Å². The van der Waals surface area contributed by atoms with Crippen LogP contribution in [-0.4, -0.2) is 25.5 Å². The van der Waals surface area contributed by atoms with Crippen molar-refractivity contribution >= 4 is 18.3 Å². The zero-order valence-corrected chi connectivity index (χ0v) is 12.8. The summed E-state index contributed by atoms with van der Waals surface area (Å²) in [4.78, 5) is 11.8. The fourth-order valence-electron chi connectivity index (χ4n) is 2.58. The number of carbonyl (C=O) groups excluding carboxylic acids is 1. The van der Waals surface area contributed by atoms with Crippen LogP contribution in [0.1, 0.15) is 31.2 Å². The van der Waals surface area contributed by atoms with E-state index in [1.165, 1.54) is 18.9 Å². The zero-order valence-electron chi connectivity index (χ0n) is 12.0. The van der Waals surface area contributed by atoms with Gasteiger partial charge in [0.25, 0.3) is 0 Å². The maximum absolute atomic E-state index is 13.3.